The van der Waals surface area contributed by atoms with Crippen LogP contribution in [0.5, 0.6) is 0 Å². The van der Waals surface area contributed by atoms with Gasteiger partial charge in [0.2, 0.25) is 5.91 Å². The summed E-state index contributed by atoms with van der Waals surface area (Å²) in [7, 11) is 0. The van der Waals surface area contributed by atoms with Gasteiger partial charge >= 0.3 is 5.97 Å². The first-order chi connectivity index (χ1) is 13.9. The summed E-state index contributed by atoms with van der Waals surface area (Å²) in [6, 6.07) is 14.0. The number of carbonyl (C=O) groups is 2. The van der Waals surface area contributed by atoms with Crippen molar-refractivity contribution in [3.8, 4) is 0 Å². The van der Waals surface area contributed by atoms with Gasteiger partial charge in [-0.3, -0.25) is 4.79 Å². The number of ether oxygens (including phenoxy) is 1. The summed E-state index contributed by atoms with van der Waals surface area (Å²) in [5, 5.41) is 0. The second-order valence-electron chi connectivity index (χ2n) is 7.07. The van der Waals surface area contributed by atoms with Crippen LogP contribution in [-0.4, -0.2) is 23.4 Å². The van der Waals surface area contributed by atoms with E-state index in [4.69, 9.17) is 4.74 Å². The molecule has 3 rings (SSSR count). The lowest BCUT2D eigenvalue weighted by molar-refractivity contribution is -0.139. The molecule has 0 spiro atoms. The van der Waals surface area contributed by atoms with E-state index < -0.39 is 17.7 Å². The Kier molecular flexibility index (Phi) is 6.27. The first kappa shape index (κ1) is 20.5. The van der Waals surface area contributed by atoms with Gasteiger partial charge in [-0.2, -0.15) is 0 Å². The van der Waals surface area contributed by atoms with Crippen LogP contribution < -0.4 is 0 Å². The van der Waals surface area contributed by atoms with E-state index in [2.05, 4.69) is 6.58 Å². The molecule has 0 aliphatic carbocycles. The Hall–Kier alpha value is -3.21. The van der Waals surface area contributed by atoms with Crippen LogP contribution in [0.25, 0.3) is 0 Å². The Bertz CT molecular complexity index is 980. The summed E-state index contributed by atoms with van der Waals surface area (Å²) in [4.78, 5) is 27.4. The quantitative estimate of drug-likeness (QED) is 0.530. The molecular formula is C24H24FNO3. The van der Waals surface area contributed by atoms with Crippen molar-refractivity contribution in [2.24, 2.45) is 0 Å². The van der Waals surface area contributed by atoms with Crippen LogP contribution in [-0.2, 0) is 20.9 Å². The number of benzene rings is 2. The molecule has 2 aromatic carbocycles. The SMILES string of the molecule is C=CCOC(=O)C1=C(C)N(Cc2ccccc2C)C(=O)CC1c1ccccc1F. The molecule has 150 valence electrons. The Labute approximate surface area is 170 Å². The van der Waals surface area contributed by atoms with Crippen molar-refractivity contribution in [3.05, 3.63) is 95.0 Å². The van der Waals surface area contributed by atoms with Crippen LogP contribution in [0.3, 0.4) is 0 Å². The van der Waals surface area contributed by atoms with Gasteiger partial charge in [0.25, 0.3) is 0 Å². The molecule has 1 atom stereocenters. The lowest BCUT2D eigenvalue weighted by atomic mass is 9.83. The molecule has 1 amide bonds. The highest BCUT2D eigenvalue weighted by Gasteiger charge is 2.38. The van der Waals surface area contributed by atoms with E-state index in [1.165, 1.54) is 12.1 Å². The van der Waals surface area contributed by atoms with Gasteiger partial charge in [-0.15, -0.1) is 0 Å². The number of esters is 1. The molecule has 1 heterocycles. The maximum atomic E-state index is 14.5. The summed E-state index contributed by atoms with van der Waals surface area (Å²) in [6.07, 6.45) is 1.48. The van der Waals surface area contributed by atoms with Gasteiger partial charge in [0, 0.05) is 18.0 Å². The topological polar surface area (TPSA) is 46.6 Å². The average Bonchev–Trinajstić information content (AvgIpc) is 2.70. The zero-order valence-corrected chi connectivity index (χ0v) is 16.7. The molecule has 0 aromatic heterocycles. The molecule has 2 aromatic rings. The molecular weight excluding hydrogens is 369 g/mol. The van der Waals surface area contributed by atoms with Crippen LogP contribution in [0.2, 0.25) is 0 Å². The molecule has 29 heavy (non-hydrogen) atoms. The Balaban J connectivity index is 2.06. The van der Waals surface area contributed by atoms with Crippen LogP contribution >= 0.6 is 0 Å². The third-order valence-corrected chi connectivity index (χ3v) is 5.25. The van der Waals surface area contributed by atoms with Crippen molar-refractivity contribution in [3.63, 3.8) is 0 Å². The highest BCUT2D eigenvalue weighted by atomic mass is 19.1. The van der Waals surface area contributed by atoms with Crippen molar-refractivity contribution >= 4 is 11.9 Å². The molecule has 0 fully saturated rings. The molecule has 1 unspecified atom stereocenters. The van der Waals surface area contributed by atoms with Crippen LogP contribution in [0, 0.1) is 12.7 Å². The van der Waals surface area contributed by atoms with Crippen molar-refractivity contribution in [2.45, 2.75) is 32.7 Å². The molecule has 1 aliphatic rings. The minimum Gasteiger partial charge on any atom is -0.458 e. The second-order valence-corrected chi connectivity index (χ2v) is 7.07. The van der Waals surface area contributed by atoms with Gasteiger partial charge in [0.1, 0.15) is 12.4 Å². The van der Waals surface area contributed by atoms with Crippen molar-refractivity contribution in [1.82, 2.24) is 4.90 Å². The normalized spacial score (nSPS) is 16.7. The van der Waals surface area contributed by atoms with Gasteiger partial charge in [-0.25, -0.2) is 9.18 Å². The molecule has 0 radical (unpaired) electrons. The predicted molar refractivity (Wildman–Crippen MR) is 109 cm³/mol. The van der Waals surface area contributed by atoms with E-state index in [1.54, 1.807) is 30.0 Å². The largest absolute Gasteiger partial charge is 0.458 e. The van der Waals surface area contributed by atoms with Crippen molar-refractivity contribution in [1.29, 1.82) is 0 Å². The maximum Gasteiger partial charge on any atom is 0.336 e. The molecule has 5 heteroatoms. The first-order valence-electron chi connectivity index (χ1n) is 9.52. The number of nitrogens with zero attached hydrogens (tertiary/aromatic N) is 1. The summed E-state index contributed by atoms with van der Waals surface area (Å²) >= 11 is 0. The monoisotopic (exact) mass is 393 g/mol. The van der Waals surface area contributed by atoms with Gasteiger partial charge < -0.3 is 9.64 Å². The van der Waals surface area contributed by atoms with Gasteiger partial charge in [0.05, 0.1) is 12.1 Å². The highest BCUT2D eigenvalue weighted by molar-refractivity contribution is 5.96. The van der Waals surface area contributed by atoms with Gasteiger partial charge in [-0.1, -0.05) is 55.1 Å². The standard InChI is InChI=1S/C24H24FNO3/c1-4-13-29-24(28)23-17(3)26(15-18-10-6-5-9-16(18)2)22(27)14-20(23)19-11-7-8-12-21(19)25/h4-12,20H,1,13-15H2,2-3H3. The fourth-order valence-electron chi connectivity index (χ4n) is 3.66. The third-order valence-electron chi connectivity index (χ3n) is 5.25. The number of allylic oxidation sites excluding steroid dienone is 1. The van der Waals surface area contributed by atoms with E-state index in [-0.39, 0.29) is 18.9 Å². The summed E-state index contributed by atoms with van der Waals surface area (Å²) in [5.74, 6) is -1.84. The Morgan fingerprint density at radius 1 is 1.21 bits per heavy atom. The predicted octanol–water partition coefficient (Wildman–Crippen LogP) is 4.65. The fourth-order valence-corrected chi connectivity index (χ4v) is 3.66. The van der Waals surface area contributed by atoms with Gasteiger partial charge in [-0.05, 0) is 36.6 Å². The fraction of sp³-hybridized carbons (Fsp3) is 0.250. The molecule has 0 saturated carbocycles. The van der Waals surface area contributed by atoms with Gasteiger partial charge in [0.15, 0.2) is 0 Å². The number of hydrogen-bond acceptors (Lipinski definition) is 3. The Morgan fingerprint density at radius 2 is 1.90 bits per heavy atom. The minimum absolute atomic E-state index is 0.00266. The van der Waals surface area contributed by atoms with Crippen molar-refractivity contribution in [2.75, 3.05) is 6.61 Å². The van der Waals surface area contributed by atoms with E-state index >= 15 is 0 Å². The summed E-state index contributed by atoms with van der Waals surface area (Å²) < 4.78 is 19.8. The molecule has 1 aliphatic heterocycles. The summed E-state index contributed by atoms with van der Waals surface area (Å²) in [5.41, 5.74) is 3.17. The number of hydrogen-bond donors (Lipinski definition) is 0. The Morgan fingerprint density at radius 3 is 2.59 bits per heavy atom. The second kappa shape index (κ2) is 8.86. The summed E-state index contributed by atoms with van der Waals surface area (Å²) in [6.45, 7) is 7.65. The van der Waals surface area contributed by atoms with Crippen LogP contribution in [0.15, 0.2) is 72.5 Å². The number of halogens is 1. The first-order valence-corrected chi connectivity index (χ1v) is 9.52. The highest BCUT2D eigenvalue weighted by Crippen LogP contribution is 2.38. The molecule has 4 nitrogen and oxygen atoms in total. The number of carbonyl (C=O) groups excluding carboxylic acids is 2. The lowest BCUT2D eigenvalue weighted by Crippen LogP contribution is -2.38. The minimum atomic E-state index is -0.686. The van der Waals surface area contributed by atoms with E-state index in [9.17, 15) is 14.0 Å². The molecule has 0 bridgehead atoms. The van der Waals surface area contributed by atoms with Crippen LogP contribution in [0.1, 0.15) is 36.0 Å². The average molecular weight is 393 g/mol. The maximum absolute atomic E-state index is 14.5. The molecule has 0 N–H and O–H groups in total. The smallest absolute Gasteiger partial charge is 0.336 e. The van der Waals surface area contributed by atoms with Crippen LogP contribution in [0.4, 0.5) is 4.39 Å². The number of amides is 1. The lowest BCUT2D eigenvalue weighted by Gasteiger charge is -2.35. The number of aryl methyl sites for hydroxylation is 1. The van der Waals surface area contributed by atoms with E-state index in [0.717, 1.165) is 11.1 Å². The van der Waals surface area contributed by atoms with E-state index in [0.29, 0.717) is 23.4 Å². The zero-order valence-electron chi connectivity index (χ0n) is 16.7. The number of rotatable bonds is 6. The van der Waals surface area contributed by atoms with Crippen molar-refractivity contribution < 1.29 is 18.7 Å². The third kappa shape index (κ3) is 4.29. The van der Waals surface area contributed by atoms with E-state index in [1.807, 2.05) is 31.2 Å². The zero-order chi connectivity index (χ0) is 21.0. The molecule has 0 saturated heterocycles.